The quantitative estimate of drug-likeness (QED) is 0.770. The van der Waals surface area contributed by atoms with Gasteiger partial charge in [-0.2, -0.15) is 0 Å². The highest BCUT2D eigenvalue weighted by molar-refractivity contribution is 7.91. The van der Waals surface area contributed by atoms with Gasteiger partial charge in [-0.15, -0.1) is 0 Å². The molecule has 1 unspecified atom stereocenters. The molecule has 2 rings (SSSR count). The van der Waals surface area contributed by atoms with E-state index in [1.807, 2.05) is 12.1 Å². The van der Waals surface area contributed by atoms with Gasteiger partial charge < -0.3 is 0 Å². The summed E-state index contributed by atoms with van der Waals surface area (Å²) >= 11 is 0. The number of hydrogen-bond donors (Lipinski definition) is 0. The summed E-state index contributed by atoms with van der Waals surface area (Å²) in [5.74, 6) is 0.486. The molecule has 0 saturated carbocycles. The fourth-order valence-corrected chi connectivity index (χ4v) is 3.56. The number of hydrogen-bond acceptors (Lipinski definition) is 3. The van der Waals surface area contributed by atoms with Crippen LogP contribution in [-0.2, 0) is 16.3 Å². The van der Waals surface area contributed by atoms with E-state index in [9.17, 15) is 8.42 Å². The van der Waals surface area contributed by atoms with E-state index in [0.29, 0.717) is 6.42 Å². The maximum absolute atomic E-state index is 11.3. The minimum absolute atomic E-state index is 0.0501. The zero-order valence-corrected chi connectivity index (χ0v) is 10.8. The Balaban J connectivity index is 2.01. The summed E-state index contributed by atoms with van der Waals surface area (Å²) in [7, 11) is -2.82. The lowest BCUT2D eigenvalue weighted by atomic mass is 10.1. The van der Waals surface area contributed by atoms with Crippen molar-refractivity contribution in [3.8, 4) is 0 Å². The highest BCUT2D eigenvalue weighted by atomic mass is 32.2. The summed E-state index contributed by atoms with van der Waals surface area (Å²) in [5.41, 5.74) is 2.33. The minimum atomic E-state index is -2.82. The first-order chi connectivity index (χ1) is 8.09. The zero-order valence-electron chi connectivity index (χ0n) is 9.96. The highest BCUT2D eigenvalue weighted by Crippen LogP contribution is 2.14. The van der Waals surface area contributed by atoms with Crippen LogP contribution in [0.3, 0.4) is 0 Å². The van der Waals surface area contributed by atoms with Crippen LogP contribution in [0.15, 0.2) is 29.3 Å². The Morgan fingerprint density at radius 1 is 1.35 bits per heavy atom. The zero-order chi connectivity index (χ0) is 12.3. The van der Waals surface area contributed by atoms with Crippen LogP contribution >= 0.6 is 0 Å². The van der Waals surface area contributed by atoms with E-state index in [1.54, 1.807) is 6.21 Å². The van der Waals surface area contributed by atoms with E-state index in [2.05, 4.69) is 24.0 Å². The van der Waals surface area contributed by atoms with Gasteiger partial charge in [-0.3, -0.25) is 4.99 Å². The van der Waals surface area contributed by atoms with Crippen LogP contribution in [-0.4, -0.2) is 32.2 Å². The van der Waals surface area contributed by atoms with Crippen molar-refractivity contribution in [3.05, 3.63) is 35.4 Å². The molecule has 17 heavy (non-hydrogen) atoms. The van der Waals surface area contributed by atoms with E-state index >= 15 is 0 Å². The van der Waals surface area contributed by atoms with Crippen molar-refractivity contribution in [1.29, 1.82) is 0 Å². The molecule has 0 aromatic heterocycles. The molecule has 0 N–H and O–H groups in total. The molecule has 1 heterocycles. The van der Waals surface area contributed by atoms with Crippen molar-refractivity contribution in [2.75, 3.05) is 11.5 Å². The van der Waals surface area contributed by atoms with Gasteiger partial charge in [-0.05, 0) is 24.0 Å². The molecule has 4 heteroatoms. The first-order valence-corrected chi connectivity index (χ1v) is 7.74. The number of sulfone groups is 1. The van der Waals surface area contributed by atoms with Crippen molar-refractivity contribution in [2.24, 2.45) is 4.99 Å². The standard InChI is InChI=1S/C13H17NO2S/c1-2-11-3-5-12(6-4-11)9-14-13-7-8-17(15,16)10-13/h3-6,9,13H,2,7-8,10H2,1H3. The minimum Gasteiger partial charge on any atom is -0.288 e. The third-order valence-corrected chi connectivity index (χ3v) is 4.78. The second-order valence-electron chi connectivity index (χ2n) is 4.43. The van der Waals surface area contributed by atoms with Crippen LogP contribution < -0.4 is 0 Å². The molecule has 0 radical (unpaired) electrons. The molecule has 1 saturated heterocycles. The molecular weight excluding hydrogens is 234 g/mol. The topological polar surface area (TPSA) is 46.5 Å². The Hall–Kier alpha value is -1.16. The largest absolute Gasteiger partial charge is 0.288 e. The van der Waals surface area contributed by atoms with Gasteiger partial charge in [0.2, 0.25) is 0 Å². The van der Waals surface area contributed by atoms with Gasteiger partial charge in [-0.1, -0.05) is 31.2 Å². The lowest BCUT2D eigenvalue weighted by molar-refractivity contribution is 0.601. The molecule has 1 fully saturated rings. The maximum Gasteiger partial charge on any atom is 0.152 e. The Morgan fingerprint density at radius 2 is 2.06 bits per heavy atom. The molecule has 0 spiro atoms. The Bertz CT molecular complexity index is 503. The van der Waals surface area contributed by atoms with Gasteiger partial charge in [0.25, 0.3) is 0 Å². The first-order valence-electron chi connectivity index (χ1n) is 5.91. The summed E-state index contributed by atoms with van der Waals surface area (Å²) < 4.78 is 22.5. The average molecular weight is 251 g/mol. The van der Waals surface area contributed by atoms with Crippen molar-refractivity contribution in [1.82, 2.24) is 0 Å². The summed E-state index contributed by atoms with van der Waals surface area (Å²) in [5, 5.41) is 0. The van der Waals surface area contributed by atoms with Crippen molar-refractivity contribution in [3.63, 3.8) is 0 Å². The van der Waals surface area contributed by atoms with Crippen molar-refractivity contribution in [2.45, 2.75) is 25.8 Å². The fourth-order valence-electron chi connectivity index (χ4n) is 1.92. The van der Waals surface area contributed by atoms with Crippen LogP contribution in [0.4, 0.5) is 0 Å². The van der Waals surface area contributed by atoms with Crippen molar-refractivity contribution < 1.29 is 8.42 Å². The van der Waals surface area contributed by atoms with E-state index in [4.69, 9.17) is 0 Å². The third-order valence-electron chi connectivity index (χ3n) is 3.03. The number of aliphatic imine (C=N–C) groups is 1. The fraction of sp³-hybridized carbons (Fsp3) is 0.462. The van der Waals surface area contributed by atoms with Gasteiger partial charge in [0.1, 0.15) is 0 Å². The number of aryl methyl sites for hydroxylation is 1. The molecule has 1 aromatic rings. The lowest BCUT2D eigenvalue weighted by Gasteiger charge is -2.00. The molecule has 1 aromatic carbocycles. The molecule has 1 aliphatic rings. The highest BCUT2D eigenvalue weighted by Gasteiger charge is 2.26. The summed E-state index contributed by atoms with van der Waals surface area (Å²) in [6.07, 6.45) is 3.47. The van der Waals surface area contributed by atoms with E-state index in [0.717, 1.165) is 12.0 Å². The summed E-state index contributed by atoms with van der Waals surface area (Å²) in [6.45, 7) is 2.12. The van der Waals surface area contributed by atoms with E-state index < -0.39 is 9.84 Å². The molecule has 1 aliphatic heterocycles. The Kier molecular flexibility index (Phi) is 3.62. The number of rotatable bonds is 3. The number of benzene rings is 1. The molecule has 92 valence electrons. The van der Waals surface area contributed by atoms with E-state index in [-0.39, 0.29) is 17.5 Å². The second kappa shape index (κ2) is 5.00. The molecule has 3 nitrogen and oxygen atoms in total. The molecule has 0 amide bonds. The first kappa shape index (κ1) is 12.3. The van der Waals surface area contributed by atoms with Crippen LogP contribution in [0.25, 0.3) is 0 Å². The normalized spacial score (nSPS) is 23.2. The Morgan fingerprint density at radius 3 is 2.59 bits per heavy atom. The summed E-state index contributed by atoms with van der Waals surface area (Å²) in [4.78, 5) is 4.34. The predicted octanol–water partition coefficient (Wildman–Crippen LogP) is 1.85. The number of nitrogens with zero attached hydrogens (tertiary/aromatic N) is 1. The summed E-state index contributed by atoms with van der Waals surface area (Å²) in [6, 6.07) is 8.14. The smallest absolute Gasteiger partial charge is 0.152 e. The van der Waals surface area contributed by atoms with Gasteiger partial charge in [0, 0.05) is 6.21 Å². The molecule has 0 aliphatic carbocycles. The molecule has 1 atom stereocenters. The predicted molar refractivity (Wildman–Crippen MR) is 70.5 cm³/mol. The average Bonchev–Trinajstić information content (AvgIpc) is 2.67. The van der Waals surface area contributed by atoms with Crippen LogP contribution in [0.1, 0.15) is 24.5 Å². The molecule has 0 bridgehead atoms. The van der Waals surface area contributed by atoms with E-state index in [1.165, 1.54) is 5.56 Å². The van der Waals surface area contributed by atoms with Crippen LogP contribution in [0.2, 0.25) is 0 Å². The van der Waals surface area contributed by atoms with Gasteiger partial charge in [0.15, 0.2) is 9.84 Å². The van der Waals surface area contributed by atoms with Crippen molar-refractivity contribution >= 4 is 16.1 Å². The second-order valence-corrected chi connectivity index (χ2v) is 6.66. The Labute approximate surface area is 103 Å². The van der Waals surface area contributed by atoms with Gasteiger partial charge >= 0.3 is 0 Å². The maximum atomic E-state index is 11.3. The van der Waals surface area contributed by atoms with Crippen LogP contribution in [0.5, 0.6) is 0 Å². The monoisotopic (exact) mass is 251 g/mol. The lowest BCUT2D eigenvalue weighted by Crippen LogP contribution is -2.07. The van der Waals surface area contributed by atoms with Gasteiger partial charge in [0.05, 0.1) is 17.5 Å². The third kappa shape index (κ3) is 3.40. The SMILES string of the molecule is CCc1ccc(C=NC2CCS(=O)(=O)C2)cc1. The molecular formula is C13H17NO2S. The van der Waals surface area contributed by atoms with Crippen LogP contribution in [0, 0.1) is 0 Å². The van der Waals surface area contributed by atoms with Gasteiger partial charge in [-0.25, -0.2) is 8.42 Å².